The number of allylic oxidation sites excluding steroid dienone is 1. The van der Waals surface area contributed by atoms with Crippen molar-refractivity contribution in [3.05, 3.63) is 24.3 Å². The lowest BCUT2D eigenvalue weighted by Gasteiger charge is -2.03. The molecule has 11 heavy (non-hydrogen) atoms. The van der Waals surface area contributed by atoms with Crippen LogP contribution in [0.15, 0.2) is 24.3 Å². The van der Waals surface area contributed by atoms with Crippen molar-refractivity contribution in [3.63, 3.8) is 0 Å². The van der Waals surface area contributed by atoms with E-state index in [1.54, 1.807) is 19.1 Å². The molecule has 0 aliphatic rings. The standard InChI is InChI=1S/C9H16O2/c1-3-4-5-9(11)6-8(2)7-10/h3,6,9-11H,1,4-5,7H2,2H3. The van der Waals surface area contributed by atoms with Gasteiger partial charge in [0.25, 0.3) is 0 Å². The molecular formula is C9H16O2. The summed E-state index contributed by atoms with van der Waals surface area (Å²) in [6.07, 6.45) is 4.48. The molecule has 0 amide bonds. The summed E-state index contributed by atoms with van der Waals surface area (Å²) in [5.74, 6) is 0. The van der Waals surface area contributed by atoms with Gasteiger partial charge in [0.15, 0.2) is 0 Å². The Kier molecular flexibility index (Phi) is 5.80. The SMILES string of the molecule is C=CCCC(O)C=C(C)CO. The molecule has 0 bridgehead atoms. The van der Waals surface area contributed by atoms with Crippen LogP contribution in [0.5, 0.6) is 0 Å². The summed E-state index contributed by atoms with van der Waals surface area (Å²) in [6, 6.07) is 0. The second-order valence-electron chi connectivity index (χ2n) is 2.60. The Morgan fingerprint density at radius 3 is 2.73 bits per heavy atom. The highest BCUT2D eigenvalue weighted by atomic mass is 16.3. The minimum Gasteiger partial charge on any atom is -0.392 e. The van der Waals surface area contributed by atoms with Gasteiger partial charge in [-0.2, -0.15) is 0 Å². The second kappa shape index (κ2) is 6.13. The molecular weight excluding hydrogens is 140 g/mol. The highest BCUT2D eigenvalue weighted by Gasteiger charge is 1.97. The molecule has 0 radical (unpaired) electrons. The van der Waals surface area contributed by atoms with E-state index in [2.05, 4.69) is 6.58 Å². The molecule has 2 heteroatoms. The Labute approximate surface area is 67.9 Å². The fourth-order valence-electron chi connectivity index (χ4n) is 0.753. The molecule has 1 atom stereocenters. The first-order valence-electron chi connectivity index (χ1n) is 3.77. The van der Waals surface area contributed by atoms with E-state index in [4.69, 9.17) is 5.11 Å². The quantitative estimate of drug-likeness (QED) is 0.588. The van der Waals surface area contributed by atoms with E-state index in [1.165, 1.54) is 0 Å². The minimum absolute atomic E-state index is 0.0190. The van der Waals surface area contributed by atoms with Crippen LogP contribution in [-0.2, 0) is 0 Å². The van der Waals surface area contributed by atoms with Crippen LogP contribution < -0.4 is 0 Å². The van der Waals surface area contributed by atoms with Crippen LogP contribution in [0.3, 0.4) is 0 Å². The molecule has 2 N–H and O–H groups in total. The van der Waals surface area contributed by atoms with Crippen molar-refractivity contribution < 1.29 is 10.2 Å². The molecule has 0 heterocycles. The Morgan fingerprint density at radius 2 is 2.27 bits per heavy atom. The lowest BCUT2D eigenvalue weighted by molar-refractivity contribution is 0.211. The Hall–Kier alpha value is -0.600. The molecule has 1 unspecified atom stereocenters. The zero-order chi connectivity index (χ0) is 8.69. The fourth-order valence-corrected chi connectivity index (χ4v) is 0.753. The van der Waals surface area contributed by atoms with Crippen molar-refractivity contribution >= 4 is 0 Å². The first kappa shape index (κ1) is 10.4. The van der Waals surface area contributed by atoms with Crippen LogP contribution in [0.25, 0.3) is 0 Å². The molecule has 0 aromatic carbocycles. The van der Waals surface area contributed by atoms with Crippen LogP contribution in [0, 0.1) is 0 Å². The predicted octanol–water partition coefficient (Wildman–Crippen LogP) is 1.25. The number of rotatable bonds is 5. The van der Waals surface area contributed by atoms with Crippen LogP contribution in [0.4, 0.5) is 0 Å². The van der Waals surface area contributed by atoms with Gasteiger partial charge in [0.2, 0.25) is 0 Å². The fraction of sp³-hybridized carbons (Fsp3) is 0.556. The van der Waals surface area contributed by atoms with Gasteiger partial charge in [0.1, 0.15) is 0 Å². The summed E-state index contributed by atoms with van der Waals surface area (Å²) in [6.45, 7) is 5.36. The van der Waals surface area contributed by atoms with Crippen molar-refractivity contribution in [1.82, 2.24) is 0 Å². The van der Waals surface area contributed by atoms with E-state index >= 15 is 0 Å². The zero-order valence-electron chi connectivity index (χ0n) is 6.95. The third-order valence-electron chi connectivity index (χ3n) is 1.39. The van der Waals surface area contributed by atoms with E-state index in [-0.39, 0.29) is 6.61 Å². The monoisotopic (exact) mass is 156 g/mol. The topological polar surface area (TPSA) is 40.5 Å². The normalized spacial score (nSPS) is 14.6. The summed E-state index contributed by atoms with van der Waals surface area (Å²) in [5, 5.41) is 17.9. The van der Waals surface area contributed by atoms with E-state index in [9.17, 15) is 5.11 Å². The van der Waals surface area contributed by atoms with Crippen molar-refractivity contribution in [2.24, 2.45) is 0 Å². The van der Waals surface area contributed by atoms with Gasteiger partial charge >= 0.3 is 0 Å². The van der Waals surface area contributed by atoms with E-state index in [0.717, 1.165) is 12.0 Å². The van der Waals surface area contributed by atoms with Gasteiger partial charge in [0, 0.05) is 0 Å². The maximum atomic E-state index is 9.25. The van der Waals surface area contributed by atoms with E-state index in [0.29, 0.717) is 6.42 Å². The lowest BCUT2D eigenvalue weighted by Crippen LogP contribution is -2.03. The van der Waals surface area contributed by atoms with Gasteiger partial charge in [-0.25, -0.2) is 0 Å². The third kappa shape index (κ3) is 5.83. The van der Waals surface area contributed by atoms with Crippen molar-refractivity contribution in [2.45, 2.75) is 25.9 Å². The predicted molar refractivity (Wildman–Crippen MR) is 46.3 cm³/mol. The summed E-state index contributed by atoms with van der Waals surface area (Å²) >= 11 is 0. The van der Waals surface area contributed by atoms with Crippen LogP contribution in [-0.4, -0.2) is 22.9 Å². The van der Waals surface area contributed by atoms with Crippen LogP contribution in [0.2, 0.25) is 0 Å². The van der Waals surface area contributed by atoms with Crippen LogP contribution in [0.1, 0.15) is 19.8 Å². The number of hydrogen-bond acceptors (Lipinski definition) is 2. The highest BCUT2D eigenvalue weighted by molar-refractivity contribution is 5.01. The van der Waals surface area contributed by atoms with Crippen LogP contribution >= 0.6 is 0 Å². The van der Waals surface area contributed by atoms with Crippen molar-refractivity contribution in [3.8, 4) is 0 Å². The smallest absolute Gasteiger partial charge is 0.0727 e. The third-order valence-corrected chi connectivity index (χ3v) is 1.39. The number of aliphatic hydroxyl groups is 2. The average molecular weight is 156 g/mol. The molecule has 0 aliphatic heterocycles. The Balaban J connectivity index is 3.65. The number of aliphatic hydroxyl groups excluding tert-OH is 2. The van der Waals surface area contributed by atoms with Gasteiger partial charge in [-0.1, -0.05) is 12.2 Å². The molecule has 2 nitrogen and oxygen atoms in total. The average Bonchev–Trinajstić information content (AvgIpc) is 2.00. The number of hydrogen-bond donors (Lipinski definition) is 2. The van der Waals surface area contributed by atoms with E-state index < -0.39 is 6.10 Å². The lowest BCUT2D eigenvalue weighted by atomic mass is 10.1. The van der Waals surface area contributed by atoms with E-state index in [1.807, 2.05) is 0 Å². The first-order valence-corrected chi connectivity index (χ1v) is 3.77. The minimum atomic E-state index is -0.444. The molecule has 0 saturated carbocycles. The summed E-state index contributed by atoms with van der Waals surface area (Å²) in [4.78, 5) is 0. The van der Waals surface area contributed by atoms with Crippen molar-refractivity contribution in [1.29, 1.82) is 0 Å². The summed E-state index contributed by atoms with van der Waals surface area (Å²) in [7, 11) is 0. The molecule has 0 fully saturated rings. The second-order valence-corrected chi connectivity index (χ2v) is 2.60. The van der Waals surface area contributed by atoms with Gasteiger partial charge < -0.3 is 10.2 Å². The summed E-state index contributed by atoms with van der Waals surface area (Å²) < 4.78 is 0. The maximum absolute atomic E-state index is 9.25. The molecule has 64 valence electrons. The summed E-state index contributed by atoms with van der Waals surface area (Å²) in [5.41, 5.74) is 0.807. The van der Waals surface area contributed by atoms with Gasteiger partial charge in [0.05, 0.1) is 12.7 Å². The molecule has 0 aromatic heterocycles. The molecule has 0 aromatic rings. The molecule has 0 rings (SSSR count). The molecule has 0 spiro atoms. The Bertz CT molecular complexity index is 138. The largest absolute Gasteiger partial charge is 0.392 e. The Morgan fingerprint density at radius 1 is 1.64 bits per heavy atom. The highest BCUT2D eigenvalue weighted by Crippen LogP contribution is 2.02. The first-order chi connectivity index (χ1) is 5.20. The molecule has 0 saturated heterocycles. The van der Waals surface area contributed by atoms with Gasteiger partial charge in [-0.05, 0) is 25.3 Å². The maximum Gasteiger partial charge on any atom is 0.0727 e. The van der Waals surface area contributed by atoms with Gasteiger partial charge in [-0.15, -0.1) is 6.58 Å². The molecule has 0 aliphatic carbocycles. The zero-order valence-corrected chi connectivity index (χ0v) is 6.95. The van der Waals surface area contributed by atoms with Gasteiger partial charge in [-0.3, -0.25) is 0 Å². The van der Waals surface area contributed by atoms with Crippen molar-refractivity contribution in [2.75, 3.05) is 6.61 Å².